The first-order valence-corrected chi connectivity index (χ1v) is 34.6. The number of halogens is 5. The molecule has 0 atom stereocenters. The van der Waals surface area contributed by atoms with Gasteiger partial charge in [-0.25, -0.2) is 42.1 Å². The Morgan fingerprint density at radius 2 is 0.821 bits per heavy atom. The van der Waals surface area contributed by atoms with E-state index in [1.165, 1.54) is 8.61 Å². The first-order valence-electron chi connectivity index (χ1n) is 25.0. The van der Waals surface area contributed by atoms with Gasteiger partial charge < -0.3 is 0 Å². The zero-order chi connectivity index (χ0) is 56.3. The lowest BCUT2D eigenvalue weighted by molar-refractivity contribution is 0.532. The Hall–Kier alpha value is -4.22. The number of nitrogens with one attached hydrogen (secondary N) is 3. The Labute approximate surface area is 482 Å². The van der Waals surface area contributed by atoms with E-state index in [0.717, 1.165) is 60.9 Å². The molecule has 0 saturated heterocycles. The van der Waals surface area contributed by atoms with E-state index >= 15 is 0 Å². The normalized spacial score (nSPS) is 21.7. The van der Waals surface area contributed by atoms with E-state index in [0.29, 0.717) is 104 Å². The van der Waals surface area contributed by atoms with E-state index < -0.39 is 64.4 Å². The van der Waals surface area contributed by atoms with Gasteiger partial charge in [-0.2, -0.15) is 0 Å². The van der Waals surface area contributed by atoms with Crippen LogP contribution in [0.4, 0.5) is 28.4 Å². The van der Waals surface area contributed by atoms with Crippen LogP contribution in [0.25, 0.3) is 0 Å². The minimum atomic E-state index is -3.39. The van der Waals surface area contributed by atoms with Gasteiger partial charge in [0, 0.05) is 52.9 Å². The lowest BCUT2D eigenvalue weighted by atomic mass is 9.95. The summed E-state index contributed by atoms with van der Waals surface area (Å²) in [4.78, 5) is 0. The fraction of sp³-hybridized carbons (Fsp3) is 0.358. The molecule has 3 N–H and O–H groups in total. The molecular weight excluding hydrogens is 1200 g/mol. The molecule has 0 unspecified atom stereocenters. The van der Waals surface area contributed by atoms with Crippen molar-refractivity contribution in [3.05, 3.63) is 169 Å². The molecule has 25 heteroatoms. The maximum atomic E-state index is 12.9. The number of rotatable bonds is 4. The summed E-state index contributed by atoms with van der Waals surface area (Å²) in [5.41, 5.74) is 7.04. The number of sulfonamides is 5. The quantitative estimate of drug-likeness (QED) is 0.145. The van der Waals surface area contributed by atoms with E-state index in [1.54, 1.807) is 97.1 Å². The van der Waals surface area contributed by atoms with Crippen LogP contribution in [0, 0.1) is 0 Å². The SMILES string of the molecule is C=CCN1c2cccc(Cl)c2C2(CCCC2)S1(=O)=O.C=CCN1c2cccc(Cl)c2CS1(=O)=O.O=S1(=O)Cc2c(Cl)cccc2N1.O=S1(=O)Nc2cccc(Cl)c2C12CCCC2.O=S1(=O)Nc2cccc(Cl)c2C12CCCC2. The molecule has 13 rings (SSSR count). The summed E-state index contributed by atoms with van der Waals surface area (Å²) in [7, 11) is -16.4. The lowest BCUT2D eigenvalue weighted by Gasteiger charge is -2.25. The third-order valence-electron chi connectivity index (χ3n) is 15.5. The highest BCUT2D eigenvalue weighted by Gasteiger charge is 2.58. The molecule has 0 amide bonds. The van der Waals surface area contributed by atoms with Gasteiger partial charge in [0.2, 0.25) is 50.1 Å². The highest BCUT2D eigenvalue weighted by Crippen LogP contribution is 2.59. The van der Waals surface area contributed by atoms with Gasteiger partial charge in [-0.05, 0) is 99.2 Å². The van der Waals surface area contributed by atoms with Crippen molar-refractivity contribution < 1.29 is 42.1 Å². The van der Waals surface area contributed by atoms with Crippen LogP contribution in [0.3, 0.4) is 0 Å². The van der Waals surface area contributed by atoms with Crippen LogP contribution in [-0.2, 0) is 75.9 Å². The van der Waals surface area contributed by atoms with Gasteiger partial charge >= 0.3 is 0 Å². The lowest BCUT2D eigenvalue weighted by Crippen LogP contribution is -2.38. The van der Waals surface area contributed by atoms with Gasteiger partial charge in [0.15, 0.2) is 0 Å². The Morgan fingerprint density at radius 1 is 0.436 bits per heavy atom. The summed E-state index contributed by atoms with van der Waals surface area (Å²) in [5.74, 6) is -0.0299. The topological polar surface area (TPSA) is 213 Å². The molecule has 418 valence electrons. The third-order valence-corrected chi connectivity index (χ3v) is 26.8. The maximum absolute atomic E-state index is 12.9. The average Bonchev–Trinajstić information content (AvgIpc) is 4.30. The maximum Gasteiger partial charge on any atom is 0.245 e. The van der Waals surface area contributed by atoms with Gasteiger partial charge in [0.25, 0.3) is 0 Å². The Bertz CT molecular complexity index is 3710. The molecule has 5 aromatic carbocycles. The molecule has 15 nitrogen and oxygen atoms in total. The van der Waals surface area contributed by atoms with Crippen LogP contribution in [0.15, 0.2) is 116 Å². The van der Waals surface area contributed by atoms with Crippen LogP contribution in [0.2, 0.25) is 25.1 Å². The monoisotopic (exact) mass is 1260 g/mol. The van der Waals surface area contributed by atoms with Gasteiger partial charge in [0.05, 0.1) is 53.0 Å². The highest BCUT2D eigenvalue weighted by molar-refractivity contribution is 7.95. The van der Waals surface area contributed by atoms with E-state index in [-0.39, 0.29) is 18.1 Å². The van der Waals surface area contributed by atoms with Crippen molar-refractivity contribution in [2.75, 3.05) is 35.9 Å². The minimum absolute atomic E-state index is 0.0119. The molecule has 3 saturated carbocycles. The summed E-state index contributed by atoms with van der Waals surface area (Å²) >= 11 is 30.4. The van der Waals surface area contributed by atoms with Crippen molar-refractivity contribution in [3.63, 3.8) is 0 Å². The summed E-state index contributed by atoms with van der Waals surface area (Å²) < 4.78 is 129. The van der Waals surface area contributed by atoms with Crippen molar-refractivity contribution in [1.82, 2.24) is 0 Å². The second kappa shape index (κ2) is 21.9. The van der Waals surface area contributed by atoms with Crippen LogP contribution in [0.1, 0.15) is 105 Å². The number of hydrogen-bond acceptors (Lipinski definition) is 10. The molecule has 8 aliphatic rings. The van der Waals surface area contributed by atoms with E-state index in [2.05, 4.69) is 27.3 Å². The molecule has 3 aliphatic carbocycles. The van der Waals surface area contributed by atoms with Crippen molar-refractivity contribution in [1.29, 1.82) is 0 Å². The molecule has 0 aromatic heterocycles. The van der Waals surface area contributed by atoms with Gasteiger partial charge in [-0.15, -0.1) is 13.2 Å². The minimum Gasteiger partial charge on any atom is -0.283 e. The largest absolute Gasteiger partial charge is 0.283 e. The smallest absolute Gasteiger partial charge is 0.245 e. The summed E-state index contributed by atoms with van der Waals surface area (Å²) in [5, 5.41) is 2.69. The van der Waals surface area contributed by atoms with E-state index in [9.17, 15) is 42.1 Å². The summed E-state index contributed by atoms with van der Waals surface area (Å²) in [6, 6.07) is 26.4. The van der Waals surface area contributed by atoms with E-state index in [1.807, 2.05) is 6.07 Å². The van der Waals surface area contributed by atoms with Gasteiger partial charge in [-0.3, -0.25) is 22.8 Å². The molecule has 5 aromatic rings. The van der Waals surface area contributed by atoms with Crippen molar-refractivity contribution in [2.24, 2.45) is 0 Å². The van der Waals surface area contributed by atoms with Crippen LogP contribution in [0.5, 0.6) is 0 Å². The Morgan fingerprint density at radius 3 is 1.28 bits per heavy atom. The molecule has 5 heterocycles. The summed E-state index contributed by atoms with van der Waals surface area (Å²) in [6.45, 7) is 7.80. The number of nitrogens with zero attached hydrogens (tertiary/aromatic N) is 2. The number of anilines is 5. The molecule has 0 radical (unpaired) electrons. The first-order chi connectivity index (χ1) is 36.8. The molecule has 0 bridgehead atoms. The standard InChI is InChI=1S/C14H16ClNO2S.2C11H12ClNO2S.C10H10ClNO2S.C7H6ClNO2S/c1-2-10-16-12-7-5-6-11(15)13(12)14(19(16,17)18)8-3-4-9-14;2*12-8-4-3-5-9-10(8)11(6-1-2-7-11)16(14,15)13-9;1-2-6-12-10-5-3-4-9(11)8(10)7-15(12,13)14;8-6-2-1-3-7-5(6)4-12(10,11)9-7/h2,5-7H,1,3-4,8-10H2;2*3-5,13H,1-2,6-7H2;2-5H,1,6-7H2;1-3,9H,4H2. The second-order valence-corrected chi connectivity index (χ2v) is 31.8. The van der Waals surface area contributed by atoms with Gasteiger partial charge in [0.1, 0.15) is 14.2 Å². The van der Waals surface area contributed by atoms with E-state index in [4.69, 9.17) is 58.0 Å². The Balaban J connectivity index is 0.000000119. The zero-order valence-electron chi connectivity index (χ0n) is 42.0. The fourth-order valence-electron chi connectivity index (χ4n) is 12.1. The van der Waals surface area contributed by atoms with Crippen LogP contribution >= 0.6 is 58.0 Å². The predicted molar refractivity (Wildman–Crippen MR) is 316 cm³/mol. The Kier molecular flexibility index (Phi) is 16.4. The van der Waals surface area contributed by atoms with Crippen LogP contribution < -0.4 is 22.8 Å². The third kappa shape index (κ3) is 10.1. The molecule has 3 spiro atoms. The number of fused-ring (bicyclic) bond motifs is 8. The summed E-state index contributed by atoms with van der Waals surface area (Å²) in [6.07, 6.45) is 12.9. The first kappa shape index (κ1) is 58.4. The van der Waals surface area contributed by atoms with Crippen molar-refractivity contribution >= 4 is 137 Å². The van der Waals surface area contributed by atoms with Crippen molar-refractivity contribution in [3.8, 4) is 0 Å². The molecule has 78 heavy (non-hydrogen) atoms. The number of hydrogen-bond donors (Lipinski definition) is 3. The molecular formula is C53H56Cl5N5O10S5. The second-order valence-electron chi connectivity index (χ2n) is 20.0. The molecule has 3 fully saturated rings. The number of benzene rings is 5. The zero-order valence-corrected chi connectivity index (χ0v) is 49.8. The van der Waals surface area contributed by atoms with Gasteiger partial charge in [-0.1, -0.05) is 139 Å². The van der Waals surface area contributed by atoms with Crippen LogP contribution in [-0.4, -0.2) is 55.2 Å². The van der Waals surface area contributed by atoms with Crippen molar-refractivity contribution in [2.45, 2.75) is 103 Å². The average molecular weight is 1260 g/mol. The highest BCUT2D eigenvalue weighted by atomic mass is 35.5. The predicted octanol–water partition coefficient (Wildman–Crippen LogP) is 12.9. The molecule has 5 aliphatic heterocycles. The fourth-order valence-corrected chi connectivity index (χ4v) is 23.2.